The van der Waals surface area contributed by atoms with Gasteiger partial charge in [0.05, 0.1) is 24.5 Å². The Labute approximate surface area is 161 Å². The Morgan fingerprint density at radius 1 is 1.14 bits per heavy atom. The highest BCUT2D eigenvalue weighted by molar-refractivity contribution is 5.89. The molecule has 0 radical (unpaired) electrons. The number of carboxylic acids is 1. The van der Waals surface area contributed by atoms with E-state index in [1.165, 1.54) is 16.8 Å². The molecule has 0 spiro atoms. The summed E-state index contributed by atoms with van der Waals surface area (Å²) in [6.07, 6.45) is 1.66. The molecule has 0 saturated carbocycles. The van der Waals surface area contributed by atoms with Crippen LogP contribution in [0.3, 0.4) is 0 Å². The maximum absolute atomic E-state index is 14.0. The number of halogens is 2. The molecule has 0 aliphatic heterocycles. The summed E-state index contributed by atoms with van der Waals surface area (Å²) in [5.74, 6) is -2.19. The summed E-state index contributed by atoms with van der Waals surface area (Å²) in [4.78, 5) is 33.5. The maximum Gasteiger partial charge on any atom is 0.308 e. The molecule has 8 nitrogen and oxygen atoms in total. The molecular weight excluding hydrogens is 384 g/mol. The van der Waals surface area contributed by atoms with Gasteiger partial charge in [0.2, 0.25) is 0 Å². The molecule has 0 saturated heterocycles. The average molecular weight is 397 g/mol. The number of benzene rings is 1. The van der Waals surface area contributed by atoms with Crippen molar-refractivity contribution in [2.75, 3.05) is 0 Å². The van der Waals surface area contributed by atoms with E-state index in [-0.39, 0.29) is 34.7 Å². The molecule has 4 rings (SSSR count). The first-order valence-electron chi connectivity index (χ1n) is 8.48. The van der Waals surface area contributed by atoms with Crippen molar-refractivity contribution in [3.63, 3.8) is 0 Å². The van der Waals surface area contributed by atoms with Crippen molar-refractivity contribution >= 4 is 17.0 Å². The summed E-state index contributed by atoms with van der Waals surface area (Å²) in [5, 5.41) is 13.5. The third-order valence-electron chi connectivity index (χ3n) is 4.27. The molecule has 0 bridgehead atoms. The fraction of sp³-hybridized carbons (Fsp3) is 0.105. The number of carboxylic acid groups (broad SMARTS) is 1. The molecule has 3 heterocycles. The zero-order chi connectivity index (χ0) is 20.5. The first-order valence-corrected chi connectivity index (χ1v) is 8.48. The van der Waals surface area contributed by atoms with Gasteiger partial charge in [0, 0.05) is 17.3 Å². The van der Waals surface area contributed by atoms with E-state index in [1.54, 1.807) is 18.2 Å². The van der Waals surface area contributed by atoms with E-state index >= 15 is 0 Å². The van der Waals surface area contributed by atoms with Gasteiger partial charge in [0.1, 0.15) is 17.3 Å². The SMILES string of the molecule is O=C(O)Cc1cnc(-c2nn(Cc3ccccc3F)c3ncc(F)cc23)[nH]c1=O. The van der Waals surface area contributed by atoms with Crippen LogP contribution in [-0.4, -0.2) is 35.8 Å². The highest BCUT2D eigenvalue weighted by atomic mass is 19.1. The minimum atomic E-state index is -1.17. The molecule has 0 unspecified atom stereocenters. The minimum Gasteiger partial charge on any atom is -0.481 e. The number of H-pyrrole nitrogens is 1. The number of hydrogen-bond donors (Lipinski definition) is 2. The second-order valence-corrected chi connectivity index (χ2v) is 6.28. The summed E-state index contributed by atoms with van der Waals surface area (Å²) in [6.45, 7) is 0.0309. The Morgan fingerprint density at radius 2 is 1.93 bits per heavy atom. The summed E-state index contributed by atoms with van der Waals surface area (Å²) < 4.78 is 29.2. The van der Waals surface area contributed by atoms with Crippen LogP contribution in [-0.2, 0) is 17.8 Å². The Kier molecular flexibility index (Phi) is 4.59. The minimum absolute atomic E-state index is 0.0221. The van der Waals surface area contributed by atoms with Crippen molar-refractivity contribution in [1.29, 1.82) is 0 Å². The number of nitrogens with zero attached hydrogens (tertiary/aromatic N) is 4. The van der Waals surface area contributed by atoms with Crippen LogP contribution in [0.25, 0.3) is 22.6 Å². The summed E-state index contributed by atoms with van der Waals surface area (Å²) in [6, 6.07) is 7.33. The Balaban J connectivity index is 1.84. The normalized spacial score (nSPS) is 11.1. The molecule has 0 atom stereocenters. The van der Waals surface area contributed by atoms with E-state index in [0.29, 0.717) is 5.56 Å². The molecule has 0 aliphatic rings. The van der Waals surface area contributed by atoms with Gasteiger partial charge in [0.25, 0.3) is 5.56 Å². The second-order valence-electron chi connectivity index (χ2n) is 6.28. The van der Waals surface area contributed by atoms with Crippen LogP contribution in [0.2, 0.25) is 0 Å². The van der Waals surface area contributed by atoms with Gasteiger partial charge in [-0.3, -0.25) is 9.59 Å². The van der Waals surface area contributed by atoms with Gasteiger partial charge in [-0.15, -0.1) is 0 Å². The molecule has 4 aromatic rings. The van der Waals surface area contributed by atoms with Crippen molar-refractivity contribution in [3.05, 3.63) is 75.8 Å². The van der Waals surface area contributed by atoms with E-state index in [2.05, 4.69) is 20.1 Å². The van der Waals surface area contributed by atoms with Crippen LogP contribution in [0, 0.1) is 11.6 Å². The smallest absolute Gasteiger partial charge is 0.308 e. The number of fused-ring (bicyclic) bond motifs is 1. The third kappa shape index (κ3) is 3.59. The fourth-order valence-electron chi connectivity index (χ4n) is 2.94. The van der Waals surface area contributed by atoms with Crippen LogP contribution >= 0.6 is 0 Å². The Bertz CT molecular complexity index is 1300. The monoisotopic (exact) mass is 397 g/mol. The van der Waals surface area contributed by atoms with Crippen molar-refractivity contribution in [2.45, 2.75) is 13.0 Å². The topological polar surface area (TPSA) is 114 Å². The zero-order valence-corrected chi connectivity index (χ0v) is 14.8. The van der Waals surface area contributed by atoms with Gasteiger partial charge < -0.3 is 10.1 Å². The predicted molar refractivity (Wildman–Crippen MR) is 98.2 cm³/mol. The number of rotatable bonds is 5. The van der Waals surface area contributed by atoms with Crippen LogP contribution in [0.5, 0.6) is 0 Å². The van der Waals surface area contributed by atoms with E-state index in [0.717, 1.165) is 12.4 Å². The number of aliphatic carboxylic acids is 1. The van der Waals surface area contributed by atoms with Crippen molar-refractivity contribution in [3.8, 4) is 11.5 Å². The van der Waals surface area contributed by atoms with E-state index in [9.17, 15) is 18.4 Å². The van der Waals surface area contributed by atoms with Gasteiger partial charge >= 0.3 is 5.97 Å². The number of nitrogens with one attached hydrogen (secondary N) is 1. The third-order valence-corrected chi connectivity index (χ3v) is 4.27. The molecule has 3 aromatic heterocycles. The van der Waals surface area contributed by atoms with Crippen molar-refractivity contribution in [2.24, 2.45) is 0 Å². The molecule has 0 amide bonds. The van der Waals surface area contributed by atoms with E-state index in [4.69, 9.17) is 5.11 Å². The number of carbonyl (C=O) groups is 1. The first-order chi connectivity index (χ1) is 13.9. The summed E-state index contributed by atoms with van der Waals surface area (Å²) in [7, 11) is 0. The lowest BCUT2D eigenvalue weighted by molar-refractivity contribution is -0.136. The standard InChI is InChI=1S/C19H13F2N5O3/c20-12-6-13-16(17-22-7-11(5-15(27)28)19(29)24-17)25-26(18(13)23-8-12)9-10-3-1-2-4-14(10)21/h1-4,6-8H,5,9H2,(H,27,28)(H,22,24,29). The number of hydrogen-bond acceptors (Lipinski definition) is 5. The largest absolute Gasteiger partial charge is 0.481 e. The Morgan fingerprint density at radius 3 is 2.66 bits per heavy atom. The number of aromatic nitrogens is 5. The van der Waals surface area contributed by atoms with Gasteiger partial charge in [-0.2, -0.15) is 5.10 Å². The van der Waals surface area contributed by atoms with Gasteiger partial charge in [0.15, 0.2) is 11.5 Å². The maximum atomic E-state index is 14.0. The van der Waals surface area contributed by atoms with E-state index < -0.39 is 29.6 Å². The van der Waals surface area contributed by atoms with Crippen LogP contribution in [0.15, 0.2) is 47.5 Å². The zero-order valence-electron chi connectivity index (χ0n) is 14.8. The Hall–Kier alpha value is -3.95. The van der Waals surface area contributed by atoms with Crippen molar-refractivity contribution < 1.29 is 18.7 Å². The predicted octanol–water partition coefficient (Wildman–Crippen LogP) is 2.14. The second kappa shape index (κ2) is 7.23. The molecular formula is C19H13F2N5O3. The molecule has 146 valence electrons. The molecule has 10 heteroatoms. The summed E-state index contributed by atoms with van der Waals surface area (Å²) >= 11 is 0. The lowest BCUT2D eigenvalue weighted by Crippen LogP contribution is -2.17. The first kappa shape index (κ1) is 18.4. The fourth-order valence-corrected chi connectivity index (χ4v) is 2.94. The lowest BCUT2D eigenvalue weighted by atomic mass is 10.2. The summed E-state index contributed by atoms with van der Waals surface area (Å²) in [5.41, 5.74) is 0.108. The van der Waals surface area contributed by atoms with Gasteiger partial charge in [-0.1, -0.05) is 18.2 Å². The quantitative estimate of drug-likeness (QED) is 0.533. The van der Waals surface area contributed by atoms with Gasteiger partial charge in [-0.25, -0.2) is 23.4 Å². The van der Waals surface area contributed by atoms with Crippen LogP contribution < -0.4 is 5.56 Å². The highest BCUT2D eigenvalue weighted by Gasteiger charge is 2.18. The van der Waals surface area contributed by atoms with Crippen LogP contribution in [0.1, 0.15) is 11.1 Å². The average Bonchev–Trinajstić information content (AvgIpc) is 3.02. The van der Waals surface area contributed by atoms with E-state index in [1.807, 2.05) is 0 Å². The molecule has 29 heavy (non-hydrogen) atoms. The van der Waals surface area contributed by atoms with Crippen molar-refractivity contribution in [1.82, 2.24) is 24.7 Å². The molecule has 1 aromatic carbocycles. The van der Waals surface area contributed by atoms with Gasteiger partial charge in [-0.05, 0) is 12.1 Å². The van der Waals surface area contributed by atoms with Crippen LogP contribution in [0.4, 0.5) is 8.78 Å². The number of aromatic amines is 1. The number of pyridine rings is 1. The highest BCUT2D eigenvalue weighted by Crippen LogP contribution is 2.25. The lowest BCUT2D eigenvalue weighted by Gasteiger charge is -2.04. The molecule has 0 aliphatic carbocycles. The molecule has 0 fully saturated rings. The molecule has 2 N–H and O–H groups in total.